The zero-order valence-corrected chi connectivity index (χ0v) is 16.5. The summed E-state index contributed by atoms with van der Waals surface area (Å²) in [6.45, 7) is 2.58. The number of hydrogen-bond acceptors (Lipinski definition) is 4. The van der Waals surface area contributed by atoms with Gasteiger partial charge < -0.3 is 9.88 Å². The molecule has 0 radical (unpaired) electrons. The van der Waals surface area contributed by atoms with Crippen LogP contribution in [0.4, 0.5) is 5.69 Å². The summed E-state index contributed by atoms with van der Waals surface area (Å²) in [6.07, 6.45) is 9.31. The molecular formula is C23H20N6O. The number of anilines is 1. The minimum atomic E-state index is -0.890. The lowest BCUT2D eigenvalue weighted by atomic mass is 9.75. The minimum Gasteiger partial charge on any atom is -0.346 e. The second kappa shape index (κ2) is 5.92. The first-order chi connectivity index (χ1) is 14.6. The monoisotopic (exact) mass is 396 g/mol. The van der Waals surface area contributed by atoms with Crippen LogP contribution in [-0.4, -0.2) is 32.0 Å². The molecule has 2 fully saturated rings. The number of aromatic amines is 1. The van der Waals surface area contributed by atoms with Gasteiger partial charge in [0.05, 0.1) is 17.3 Å². The highest BCUT2D eigenvalue weighted by Gasteiger charge is 2.61. The lowest BCUT2D eigenvalue weighted by molar-refractivity contribution is -0.124. The highest BCUT2D eigenvalue weighted by atomic mass is 16.2. The van der Waals surface area contributed by atoms with Crippen LogP contribution >= 0.6 is 0 Å². The number of nitrogens with zero attached hydrogens (tertiary/aromatic N) is 5. The summed E-state index contributed by atoms with van der Waals surface area (Å²) in [4.78, 5) is 22.8. The summed E-state index contributed by atoms with van der Waals surface area (Å²) in [5.74, 6) is 0.131. The molecule has 4 aromatic heterocycles. The molecule has 0 aromatic carbocycles. The number of nitrogens with one attached hydrogen (secondary N) is 1. The van der Waals surface area contributed by atoms with Crippen LogP contribution in [0.2, 0.25) is 0 Å². The van der Waals surface area contributed by atoms with Crippen LogP contribution in [0.3, 0.4) is 0 Å². The van der Waals surface area contributed by atoms with E-state index in [0.29, 0.717) is 6.54 Å². The van der Waals surface area contributed by atoms with Crippen molar-refractivity contribution in [3.8, 4) is 17.2 Å². The molecule has 4 aromatic rings. The van der Waals surface area contributed by atoms with Crippen LogP contribution < -0.4 is 4.90 Å². The third kappa shape index (κ3) is 2.22. The van der Waals surface area contributed by atoms with E-state index in [2.05, 4.69) is 27.2 Å². The van der Waals surface area contributed by atoms with Gasteiger partial charge >= 0.3 is 0 Å². The molecule has 7 heteroatoms. The van der Waals surface area contributed by atoms with E-state index in [4.69, 9.17) is 0 Å². The number of hydrogen-bond donors (Lipinski definition) is 1. The predicted octanol–water partition coefficient (Wildman–Crippen LogP) is 3.78. The summed E-state index contributed by atoms with van der Waals surface area (Å²) < 4.78 is 1.80. The molecule has 1 saturated carbocycles. The predicted molar refractivity (Wildman–Crippen MR) is 113 cm³/mol. The van der Waals surface area contributed by atoms with Gasteiger partial charge in [0, 0.05) is 53.8 Å². The molecule has 148 valence electrons. The number of H-pyrrole nitrogens is 1. The van der Waals surface area contributed by atoms with Crippen LogP contribution in [0.1, 0.15) is 19.8 Å². The van der Waals surface area contributed by atoms with Crippen LogP contribution in [0.15, 0.2) is 49.1 Å². The fourth-order valence-corrected chi connectivity index (χ4v) is 4.99. The maximum absolute atomic E-state index is 13.4. The number of rotatable bonds is 3. The Morgan fingerprint density at radius 3 is 2.93 bits per heavy atom. The van der Waals surface area contributed by atoms with Gasteiger partial charge in [-0.25, -0.2) is 9.50 Å². The zero-order chi connectivity index (χ0) is 20.5. The summed E-state index contributed by atoms with van der Waals surface area (Å²) in [6, 6.07) is 10.4. The number of pyridine rings is 1. The van der Waals surface area contributed by atoms with Crippen molar-refractivity contribution >= 4 is 28.1 Å². The van der Waals surface area contributed by atoms with Crippen molar-refractivity contribution in [1.82, 2.24) is 19.6 Å². The van der Waals surface area contributed by atoms with Crippen molar-refractivity contribution in [2.24, 2.45) is 17.3 Å². The van der Waals surface area contributed by atoms with E-state index in [0.717, 1.165) is 46.2 Å². The number of nitriles is 1. The van der Waals surface area contributed by atoms with Gasteiger partial charge in [0.2, 0.25) is 5.91 Å². The molecule has 0 spiro atoms. The molecule has 2 atom stereocenters. The third-order valence-corrected chi connectivity index (χ3v) is 6.75. The van der Waals surface area contributed by atoms with Gasteiger partial charge in [-0.15, -0.1) is 0 Å². The fraction of sp³-hybridized carbons (Fsp3) is 0.304. The van der Waals surface area contributed by atoms with Crippen molar-refractivity contribution in [1.29, 1.82) is 5.26 Å². The second-order valence-corrected chi connectivity index (χ2v) is 8.49. The Morgan fingerprint density at radius 2 is 2.13 bits per heavy atom. The molecular weight excluding hydrogens is 376 g/mol. The standard InChI is InChI=1S/C23H20N6O/c1-14-11-28(22(30)23(14,13-24)18-2-3-18)19-5-7-27-29-12-17(9-20(19)29)16-8-15-4-6-25-21(15)26-10-16/h4-10,12,14,18H,2-3,11H2,1H3,(H,25,26)/t14-,23+/m1/s1. The molecule has 0 unspecified atom stereocenters. The molecule has 7 nitrogen and oxygen atoms in total. The van der Waals surface area contributed by atoms with E-state index < -0.39 is 5.41 Å². The lowest BCUT2D eigenvalue weighted by Gasteiger charge is -2.23. The normalized spacial score (nSPS) is 24.1. The van der Waals surface area contributed by atoms with Gasteiger partial charge in [0.15, 0.2) is 0 Å². The largest absolute Gasteiger partial charge is 0.346 e. The first-order valence-electron chi connectivity index (χ1n) is 10.3. The summed E-state index contributed by atoms with van der Waals surface area (Å²) in [5, 5.41) is 15.4. The molecule has 1 saturated heterocycles. The third-order valence-electron chi connectivity index (χ3n) is 6.75. The Morgan fingerprint density at radius 1 is 1.27 bits per heavy atom. The van der Waals surface area contributed by atoms with Gasteiger partial charge in [-0.1, -0.05) is 6.92 Å². The average Bonchev–Trinajstić information content (AvgIpc) is 3.23. The SMILES string of the molecule is C[C@@H]1CN(c2ccnn3cc(-c4cnc5[nH]ccc5c4)cc23)C(=O)[C@]1(C#N)C1CC1. The van der Waals surface area contributed by atoms with Crippen LogP contribution in [0.25, 0.3) is 27.7 Å². The molecule has 2 aliphatic rings. The fourth-order valence-electron chi connectivity index (χ4n) is 4.99. The van der Waals surface area contributed by atoms with E-state index >= 15 is 0 Å². The summed E-state index contributed by atoms with van der Waals surface area (Å²) >= 11 is 0. The number of carbonyl (C=O) groups is 1. The minimum absolute atomic E-state index is 0.00495. The molecule has 0 bridgehead atoms. The van der Waals surface area contributed by atoms with Crippen molar-refractivity contribution in [3.05, 3.63) is 49.1 Å². The van der Waals surface area contributed by atoms with E-state index in [1.165, 1.54) is 0 Å². The Labute approximate surface area is 172 Å². The highest BCUT2D eigenvalue weighted by Crippen LogP contribution is 2.54. The molecule has 1 aliphatic heterocycles. The summed E-state index contributed by atoms with van der Waals surface area (Å²) in [5.41, 5.74) is 3.60. The van der Waals surface area contributed by atoms with Crippen molar-refractivity contribution in [2.75, 3.05) is 11.4 Å². The van der Waals surface area contributed by atoms with Crippen molar-refractivity contribution < 1.29 is 4.79 Å². The van der Waals surface area contributed by atoms with E-state index in [-0.39, 0.29) is 17.7 Å². The van der Waals surface area contributed by atoms with Crippen molar-refractivity contribution in [3.63, 3.8) is 0 Å². The number of aromatic nitrogens is 4. The Balaban J connectivity index is 1.45. The van der Waals surface area contributed by atoms with Crippen molar-refractivity contribution in [2.45, 2.75) is 19.8 Å². The number of fused-ring (bicyclic) bond motifs is 2. The molecule has 6 rings (SSSR count). The van der Waals surface area contributed by atoms with E-state index in [1.54, 1.807) is 15.6 Å². The first kappa shape index (κ1) is 17.2. The molecule has 1 amide bonds. The average molecular weight is 396 g/mol. The molecule has 5 heterocycles. The maximum atomic E-state index is 13.4. The van der Waals surface area contributed by atoms with Gasteiger partial charge in [-0.3, -0.25) is 4.79 Å². The molecule has 1 aliphatic carbocycles. The summed E-state index contributed by atoms with van der Waals surface area (Å²) in [7, 11) is 0. The molecule has 30 heavy (non-hydrogen) atoms. The van der Waals surface area contributed by atoms with Gasteiger partial charge in [-0.05, 0) is 43.0 Å². The quantitative estimate of drug-likeness (QED) is 0.571. The van der Waals surface area contributed by atoms with Crippen LogP contribution in [0.5, 0.6) is 0 Å². The second-order valence-electron chi connectivity index (χ2n) is 8.49. The van der Waals surface area contributed by atoms with E-state index in [1.807, 2.05) is 43.7 Å². The Kier molecular flexibility index (Phi) is 3.40. The highest BCUT2D eigenvalue weighted by molar-refractivity contribution is 6.05. The van der Waals surface area contributed by atoms with Crippen LogP contribution in [0, 0.1) is 28.6 Å². The van der Waals surface area contributed by atoms with E-state index in [9.17, 15) is 10.1 Å². The van der Waals surface area contributed by atoms with Gasteiger partial charge in [-0.2, -0.15) is 10.4 Å². The topological polar surface area (TPSA) is 90.1 Å². The number of amides is 1. The number of carbonyl (C=O) groups excluding carboxylic acids is 1. The van der Waals surface area contributed by atoms with Gasteiger partial charge in [0.25, 0.3) is 0 Å². The zero-order valence-electron chi connectivity index (χ0n) is 16.5. The smallest absolute Gasteiger partial charge is 0.248 e. The Bertz CT molecular complexity index is 1360. The molecule has 1 N–H and O–H groups in total. The maximum Gasteiger partial charge on any atom is 0.248 e. The van der Waals surface area contributed by atoms with Gasteiger partial charge in [0.1, 0.15) is 11.1 Å². The Hall–Kier alpha value is -3.66. The first-order valence-corrected chi connectivity index (χ1v) is 10.3. The van der Waals surface area contributed by atoms with Crippen LogP contribution in [-0.2, 0) is 4.79 Å². The lowest BCUT2D eigenvalue weighted by Crippen LogP contribution is -2.37.